The van der Waals surface area contributed by atoms with Crippen LogP contribution in [0.5, 0.6) is 6.01 Å². The maximum Gasteiger partial charge on any atom is 0.320 e. The normalized spacial score (nSPS) is 22.9. The lowest BCUT2D eigenvalue weighted by molar-refractivity contribution is 0.376. The zero-order chi connectivity index (χ0) is 19.1. The first kappa shape index (κ1) is 17.5. The number of nitrogens with zero attached hydrogens (tertiary/aromatic N) is 3. The van der Waals surface area contributed by atoms with Crippen LogP contribution in [0.3, 0.4) is 0 Å². The molecule has 1 aliphatic heterocycles. The molecule has 6 heteroatoms. The van der Waals surface area contributed by atoms with Crippen LogP contribution in [0.15, 0.2) is 53.2 Å². The van der Waals surface area contributed by atoms with Gasteiger partial charge in [0.1, 0.15) is 5.76 Å². The molecule has 0 saturated carbocycles. The van der Waals surface area contributed by atoms with Gasteiger partial charge >= 0.3 is 6.01 Å². The number of aromatic nitrogens is 3. The summed E-state index contributed by atoms with van der Waals surface area (Å²) in [6.07, 6.45) is 12.3. The van der Waals surface area contributed by atoms with Gasteiger partial charge in [0, 0.05) is 28.0 Å². The van der Waals surface area contributed by atoms with Crippen molar-refractivity contribution in [3.8, 4) is 17.4 Å². The molecule has 3 aliphatic rings. The highest BCUT2D eigenvalue weighted by atomic mass is 32.2. The van der Waals surface area contributed by atoms with Gasteiger partial charge in [-0.1, -0.05) is 36.4 Å². The number of hydrogen-bond acceptors (Lipinski definition) is 6. The maximum atomic E-state index is 10.3. The molecule has 1 aromatic heterocycles. The lowest BCUT2D eigenvalue weighted by atomic mass is 9.89. The Morgan fingerprint density at radius 1 is 1.11 bits per heavy atom. The molecule has 1 N–H and O–H groups in total. The van der Waals surface area contributed by atoms with Crippen molar-refractivity contribution in [3.05, 3.63) is 59.7 Å². The van der Waals surface area contributed by atoms with Gasteiger partial charge in [-0.05, 0) is 30.9 Å². The van der Waals surface area contributed by atoms with Gasteiger partial charge in [0.2, 0.25) is 0 Å². The van der Waals surface area contributed by atoms with Crippen molar-refractivity contribution in [2.45, 2.75) is 41.7 Å². The number of aliphatic hydroxyl groups excluding tert-OH is 1. The van der Waals surface area contributed by atoms with Crippen molar-refractivity contribution >= 4 is 17.3 Å². The minimum absolute atomic E-state index is 0.254. The summed E-state index contributed by atoms with van der Waals surface area (Å²) in [5.41, 5.74) is 2.97. The van der Waals surface area contributed by atoms with Crippen LogP contribution < -0.4 is 4.74 Å². The summed E-state index contributed by atoms with van der Waals surface area (Å²) in [6.45, 7) is 0. The van der Waals surface area contributed by atoms with Gasteiger partial charge in [-0.3, -0.25) is 0 Å². The monoisotopic (exact) mass is 391 g/mol. The van der Waals surface area contributed by atoms with Crippen LogP contribution in [0.4, 0.5) is 0 Å². The van der Waals surface area contributed by atoms with Gasteiger partial charge in [-0.15, -0.1) is 11.8 Å². The summed E-state index contributed by atoms with van der Waals surface area (Å²) in [5, 5.41) is 10.9. The number of benzene rings is 1. The molecule has 2 aromatic rings. The first-order chi connectivity index (χ1) is 13.7. The van der Waals surface area contributed by atoms with Gasteiger partial charge < -0.3 is 9.84 Å². The van der Waals surface area contributed by atoms with E-state index in [1.165, 1.54) is 16.9 Å². The topological polar surface area (TPSA) is 68.1 Å². The Labute approximate surface area is 168 Å². The molecule has 0 bridgehead atoms. The molecule has 28 heavy (non-hydrogen) atoms. The van der Waals surface area contributed by atoms with Crippen molar-refractivity contribution < 1.29 is 9.84 Å². The van der Waals surface area contributed by atoms with E-state index in [0.29, 0.717) is 40.6 Å². The minimum Gasteiger partial charge on any atom is -0.512 e. The van der Waals surface area contributed by atoms with Crippen molar-refractivity contribution in [3.63, 3.8) is 0 Å². The molecule has 5 nitrogen and oxygen atoms in total. The Hall–Kier alpha value is -2.60. The van der Waals surface area contributed by atoms with Crippen molar-refractivity contribution in [2.24, 2.45) is 0 Å². The SMILES string of the molecule is COc1nc(C2=C(O)CCC=C2)nc(-c2ccc3c(c2)SC2CCC=CC32)n1. The van der Waals surface area contributed by atoms with Crippen molar-refractivity contribution in [1.29, 1.82) is 0 Å². The van der Waals surface area contributed by atoms with E-state index < -0.39 is 0 Å². The van der Waals surface area contributed by atoms with E-state index >= 15 is 0 Å². The van der Waals surface area contributed by atoms with Gasteiger partial charge in [0.25, 0.3) is 0 Å². The van der Waals surface area contributed by atoms with Crippen molar-refractivity contribution in [1.82, 2.24) is 15.0 Å². The predicted molar refractivity (Wildman–Crippen MR) is 110 cm³/mol. The van der Waals surface area contributed by atoms with Crippen LogP contribution in [-0.4, -0.2) is 32.4 Å². The lowest BCUT2D eigenvalue weighted by Crippen LogP contribution is -2.10. The van der Waals surface area contributed by atoms with Crippen LogP contribution in [0.1, 0.15) is 43.0 Å². The average molecular weight is 391 g/mol. The number of rotatable bonds is 3. The summed E-state index contributed by atoms with van der Waals surface area (Å²) in [5.74, 6) is 1.83. The third-order valence-electron chi connectivity index (χ3n) is 5.45. The number of ether oxygens (including phenoxy) is 1. The first-order valence-electron chi connectivity index (χ1n) is 9.59. The van der Waals surface area contributed by atoms with E-state index in [0.717, 1.165) is 18.4 Å². The molecular weight excluding hydrogens is 370 g/mol. The summed E-state index contributed by atoms with van der Waals surface area (Å²) in [6, 6.07) is 6.71. The average Bonchev–Trinajstić information content (AvgIpc) is 3.11. The zero-order valence-corrected chi connectivity index (χ0v) is 16.4. The fourth-order valence-electron chi connectivity index (χ4n) is 4.01. The highest BCUT2D eigenvalue weighted by molar-refractivity contribution is 8.00. The zero-order valence-electron chi connectivity index (χ0n) is 15.6. The number of methoxy groups -OCH3 is 1. The minimum atomic E-state index is 0.254. The third-order valence-corrected chi connectivity index (χ3v) is 6.89. The number of aliphatic hydroxyl groups is 1. The largest absolute Gasteiger partial charge is 0.512 e. The molecule has 5 rings (SSSR count). The van der Waals surface area contributed by atoms with Gasteiger partial charge in [-0.25, -0.2) is 4.98 Å². The van der Waals surface area contributed by atoms with Gasteiger partial charge in [0.15, 0.2) is 11.6 Å². The summed E-state index contributed by atoms with van der Waals surface area (Å²) >= 11 is 1.96. The highest BCUT2D eigenvalue weighted by Crippen LogP contribution is 2.50. The molecule has 2 atom stereocenters. The summed E-state index contributed by atoms with van der Waals surface area (Å²) < 4.78 is 5.31. The van der Waals surface area contributed by atoms with Crippen LogP contribution in [0.25, 0.3) is 17.0 Å². The molecule has 0 amide bonds. The van der Waals surface area contributed by atoms with E-state index in [9.17, 15) is 5.11 Å². The van der Waals surface area contributed by atoms with E-state index in [4.69, 9.17) is 4.74 Å². The molecule has 0 fully saturated rings. The standard InChI is InChI=1S/C22H21N3O2S/c1-27-22-24-20(23-21(25-22)16-7-2-4-8-17(16)26)13-10-11-15-14-6-3-5-9-18(14)28-19(15)12-13/h2-3,6-7,10-12,14,18,26H,4-5,8-9H2,1H3. The van der Waals surface area contributed by atoms with Gasteiger partial charge in [0.05, 0.1) is 12.7 Å². The molecule has 2 unspecified atom stereocenters. The fraction of sp³-hybridized carbons (Fsp3) is 0.318. The van der Waals surface area contributed by atoms with E-state index in [1.807, 2.05) is 23.9 Å². The Bertz CT molecular complexity index is 1030. The highest BCUT2D eigenvalue weighted by Gasteiger charge is 2.33. The smallest absolute Gasteiger partial charge is 0.320 e. The first-order valence-corrected chi connectivity index (χ1v) is 10.5. The van der Waals surface area contributed by atoms with Gasteiger partial charge in [-0.2, -0.15) is 9.97 Å². The summed E-state index contributed by atoms with van der Waals surface area (Å²) in [4.78, 5) is 14.8. The maximum absolute atomic E-state index is 10.3. The molecule has 142 valence electrons. The Morgan fingerprint density at radius 3 is 2.86 bits per heavy atom. The lowest BCUT2D eigenvalue weighted by Gasteiger charge is -2.19. The quantitative estimate of drug-likeness (QED) is 0.737. The van der Waals surface area contributed by atoms with E-state index in [2.05, 4.69) is 45.3 Å². The molecule has 2 aliphatic carbocycles. The Morgan fingerprint density at radius 2 is 2.00 bits per heavy atom. The van der Waals surface area contributed by atoms with E-state index in [1.54, 1.807) is 7.11 Å². The molecular formula is C22H21N3O2S. The Balaban J connectivity index is 1.56. The van der Waals surface area contributed by atoms with Crippen LogP contribution in [-0.2, 0) is 0 Å². The molecule has 2 heterocycles. The number of allylic oxidation sites excluding steroid dienone is 6. The molecule has 1 aromatic carbocycles. The second-order valence-corrected chi connectivity index (χ2v) is 8.49. The second kappa shape index (κ2) is 7.09. The van der Waals surface area contributed by atoms with Crippen molar-refractivity contribution in [2.75, 3.05) is 7.11 Å². The molecule has 0 spiro atoms. The van der Waals surface area contributed by atoms with E-state index in [-0.39, 0.29) is 6.01 Å². The molecule has 0 saturated heterocycles. The Kier molecular flexibility index (Phi) is 4.43. The van der Waals surface area contributed by atoms with Crippen LogP contribution in [0, 0.1) is 0 Å². The number of thioether (sulfide) groups is 1. The molecule has 0 radical (unpaired) electrons. The fourth-order valence-corrected chi connectivity index (χ4v) is 5.51. The number of hydrogen-bond donors (Lipinski definition) is 1. The van der Waals surface area contributed by atoms with Crippen LogP contribution in [0.2, 0.25) is 0 Å². The number of fused-ring (bicyclic) bond motifs is 3. The van der Waals surface area contributed by atoms with Crippen LogP contribution >= 0.6 is 11.8 Å². The second-order valence-electron chi connectivity index (χ2n) is 7.21. The summed E-state index contributed by atoms with van der Waals surface area (Å²) in [7, 11) is 1.55. The predicted octanol–water partition coefficient (Wildman–Crippen LogP) is 5.07. The third kappa shape index (κ3) is 3.02.